The molecule has 2 atom stereocenters. The van der Waals surface area contributed by atoms with E-state index in [0.29, 0.717) is 13.1 Å². The molecule has 0 radical (unpaired) electrons. The molecule has 0 aliphatic carbocycles. The topological polar surface area (TPSA) is 67.2 Å². The number of nitrogens with two attached hydrogens (primary N) is 1. The second-order valence-corrected chi connectivity index (χ2v) is 3.23. The fraction of sp³-hybridized carbons (Fsp3) is 0.875. The van der Waals surface area contributed by atoms with Gasteiger partial charge in [-0.15, -0.1) is 0 Å². The standard InChI is InChI=1S/C8H20N3OP/c1-2-10-8(12)7(11-13)5-3-4-6-9/h7,11H,2-6,9,13H2,1H3,(H,10,12)/t7-/m0/s1. The highest BCUT2D eigenvalue weighted by Gasteiger charge is 2.13. The molecule has 13 heavy (non-hydrogen) atoms. The van der Waals surface area contributed by atoms with Crippen LogP contribution in [0.25, 0.3) is 0 Å². The summed E-state index contributed by atoms with van der Waals surface area (Å²) in [7, 11) is 2.38. The normalized spacial score (nSPS) is 12.5. The lowest BCUT2D eigenvalue weighted by Crippen LogP contribution is -2.40. The van der Waals surface area contributed by atoms with Gasteiger partial charge in [0.15, 0.2) is 0 Å². The van der Waals surface area contributed by atoms with Crippen LogP contribution in [-0.4, -0.2) is 25.0 Å². The molecule has 5 heteroatoms. The number of rotatable bonds is 7. The summed E-state index contributed by atoms with van der Waals surface area (Å²) in [6.45, 7) is 3.29. The van der Waals surface area contributed by atoms with Crippen LogP contribution < -0.4 is 16.1 Å². The molecule has 0 aromatic carbocycles. The maximum absolute atomic E-state index is 11.4. The molecule has 0 rings (SSSR count). The number of carbonyl (C=O) groups excluding carboxylic acids is 1. The summed E-state index contributed by atoms with van der Waals surface area (Å²) in [5.74, 6) is 0.0644. The smallest absolute Gasteiger partial charge is 0.237 e. The zero-order valence-corrected chi connectivity index (χ0v) is 9.33. The van der Waals surface area contributed by atoms with Gasteiger partial charge in [0.05, 0.1) is 6.04 Å². The summed E-state index contributed by atoms with van der Waals surface area (Å²) >= 11 is 0. The molecular weight excluding hydrogens is 185 g/mol. The number of unbranched alkanes of at least 4 members (excludes halogenated alkanes) is 1. The minimum absolute atomic E-state index is 0.0644. The molecule has 0 aliphatic heterocycles. The molecule has 0 aliphatic rings. The van der Waals surface area contributed by atoms with Crippen LogP contribution in [0.3, 0.4) is 0 Å². The number of carbonyl (C=O) groups is 1. The molecule has 0 heterocycles. The summed E-state index contributed by atoms with van der Waals surface area (Å²) in [5.41, 5.74) is 5.36. The van der Waals surface area contributed by atoms with E-state index in [1.165, 1.54) is 0 Å². The van der Waals surface area contributed by atoms with Crippen molar-refractivity contribution in [2.45, 2.75) is 32.2 Å². The Balaban J connectivity index is 3.67. The van der Waals surface area contributed by atoms with Gasteiger partial charge in [-0.05, 0) is 26.3 Å². The first-order chi connectivity index (χ1) is 6.26. The molecule has 1 unspecified atom stereocenters. The number of hydrogen-bond acceptors (Lipinski definition) is 3. The Labute approximate surface area is 82.3 Å². The second-order valence-electron chi connectivity index (χ2n) is 2.90. The van der Waals surface area contributed by atoms with Gasteiger partial charge < -0.3 is 11.1 Å². The van der Waals surface area contributed by atoms with Gasteiger partial charge in [0.25, 0.3) is 0 Å². The molecule has 4 N–H and O–H groups in total. The maximum Gasteiger partial charge on any atom is 0.237 e. The van der Waals surface area contributed by atoms with Gasteiger partial charge in [-0.3, -0.25) is 9.88 Å². The zero-order chi connectivity index (χ0) is 10.1. The molecular formula is C8H20N3OP. The van der Waals surface area contributed by atoms with Gasteiger partial charge in [-0.2, -0.15) is 0 Å². The van der Waals surface area contributed by atoms with Crippen molar-refractivity contribution >= 4 is 15.3 Å². The second kappa shape index (κ2) is 8.42. The third kappa shape index (κ3) is 5.97. The summed E-state index contributed by atoms with van der Waals surface area (Å²) in [6, 6.07) is -0.100. The largest absolute Gasteiger partial charge is 0.355 e. The van der Waals surface area contributed by atoms with E-state index < -0.39 is 0 Å². The third-order valence-electron chi connectivity index (χ3n) is 1.82. The van der Waals surface area contributed by atoms with Crippen molar-refractivity contribution in [2.75, 3.05) is 13.1 Å². The third-order valence-corrected chi connectivity index (χ3v) is 2.22. The lowest BCUT2D eigenvalue weighted by molar-refractivity contribution is -0.122. The van der Waals surface area contributed by atoms with Gasteiger partial charge in [0.1, 0.15) is 0 Å². The molecule has 0 spiro atoms. The lowest BCUT2D eigenvalue weighted by atomic mass is 10.1. The highest BCUT2D eigenvalue weighted by Crippen LogP contribution is 2.01. The average Bonchev–Trinajstić information content (AvgIpc) is 2.13. The van der Waals surface area contributed by atoms with Crippen molar-refractivity contribution in [2.24, 2.45) is 5.73 Å². The van der Waals surface area contributed by atoms with Crippen LogP contribution in [0, 0.1) is 0 Å². The predicted octanol–water partition coefficient (Wildman–Crippen LogP) is -0.000200. The maximum atomic E-state index is 11.4. The summed E-state index contributed by atoms with van der Waals surface area (Å²) in [5, 5.41) is 5.69. The molecule has 1 amide bonds. The molecule has 4 nitrogen and oxygen atoms in total. The predicted molar refractivity (Wildman–Crippen MR) is 58.2 cm³/mol. The van der Waals surface area contributed by atoms with Crippen LogP contribution in [0.2, 0.25) is 0 Å². The van der Waals surface area contributed by atoms with E-state index in [1.54, 1.807) is 0 Å². The van der Waals surface area contributed by atoms with Crippen molar-refractivity contribution in [3.8, 4) is 0 Å². The number of likely N-dealkylation sites (N-methyl/N-ethyl adjacent to an activating group) is 1. The number of nitrogens with one attached hydrogen (secondary N) is 2. The van der Waals surface area contributed by atoms with E-state index in [0.717, 1.165) is 19.3 Å². The van der Waals surface area contributed by atoms with Crippen LogP contribution in [0.4, 0.5) is 0 Å². The van der Waals surface area contributed by atoms with E-state index >= 15 is 0 Å². The van der Waals surface area contributed by atoms with E-state index in [1.807, 2.05) is 6.92 Å². The average molecular weight is 205 g/mol. The monoisotopic (exact) mass is 205 g/mol. The summed E-state index contributed by atoms with van der Waals surface area (Å²) in [4.78, 5) is 11.4. The van der Waals surface area contributed by atoms with Gasteiger partial charge >= 0.3 is 0 Å². The highest BCUT2D eigenvalue weighted by atomic mass is 31.0. The van der Waals surface area contributed by atoms with Crippen molar-refractivity contribution < 1.29 is 4.79 Å². The first-order valence-corrected chi connectivity index (χ1v) is 5.27. The van der Waals surface area contributed by atoms with Gasteiger partial charge in [0.2, 0.25) is 5.91 Å². The molecule has 0 bridgehead atoms. The molecule has 0 saturated carbocycles. The molecule has 0 aromatic rings. The Morgan fingerprint density at radius 1 is 1.54 bits per heavy atom. The Morgan fingerprint density at radius 2 is 2.23 bits per heavy atom. The Kier molecular flexibility index (Phi) is 8.30. The zero-order valence-electron chi connectivity index (χ0n) is 8.18. The van der Waals surface area contributed by atoms with E-state index in [2.05, 4.69) is 19.8 Å². The van der Waals surface area contributed by atoms with E-state index in [9.17, 15) is 4.79 Å². The summed E-state index contributed by atoms with van der Waals surface area (Å²) < 4.78 is 0. The van der Waals surface area contributed by atoms with Crippen LogP contribution in [-0.2, 0) is 4.79 Å². The summed E-state index contributed by atoms with van der Waals surface area (Å²) in [6.07, 6.45) is 2.80. The van der Waals surface area contributed by atoms with E-state index in [-0.39, 0.29) is 11.9 Å². The first-order valence-electron chi connectivity index (χ1n) is 4.70. The Bertz CT molecular complexity index is 143. The van der Waals surface area contributed by atoms with Crippen molar-refractivity contribution in [1.29, 1.82) is 0 Å². The molecule has 0 fully saturated rings. The lowest BCUT2D eigenvalue weighted by Gasteiger charge is -2.14. The number of hydrogen-bond donors (Lipinski definition) is 3. The van der Waals surface area contributed by atoms with Gasteiger partial charge in [-0.25, -0.2) is 0 Å². The van der Waals surface area contributed by atoms with Crippen LogP contribution in [0.1, 0.15) is 26.2 Å². The minimum Gasteiger partial charge on any atom is -0.355 e. The molecule has 78 valence electrons. The van der Waals surface area contributed by atoms with Crippen molar-refractivity contribution in [3.05, 3.63) is 0 Å². The Morgan fingerprint density at radius 3 is 2.69 bits per heavy atom. The fourth-order valence-corrected chi connectivity index (χ4v) is 1.40. The van der Waals surface area contributed by atoms with Crippen LogP contribution in [0.5, 0.6) is 0 Å². The van der Waals surface area contributed by atoms with Crippen molar-refractivity contribution in [1.82, 2.24) is 10.4 Å². The molecule has 0 aromatic heterocycles. The van der Waals surface area contributed by atoms with Crippen molar-refractivity contribution in [3.63, 3.8) is 0 Å². The SMILES string of the molecule is CCNC(=O)[C@H](CCCCN)NP. The van der Waals surface area contributed by atoms with Crippen LogP contribution in [0.15, 0.2) is 0 Å². The van der Waals surface area contributed by atoms with Gasteiger partial charge in [0, 0.05) is 6.54 Å². The quantitative estimate of drug-likeness (QED) is 0.405. The first kappa shape index (κ1) is 12.8. The van der Waals surface area contributed by atoms with Gasteiger partial charge in [-0.1, -0.05) is 15.8 Å². The van der Waals surface area contributed by atoms with Crippen LogP contribution >= 0.6 is 9.39 Å². The minimum atomic E-state index is -0.100. The highest BCUT2D eigenvalue weighted by molar-refractivity contribution is 7.13. The Hall–Kier alpha value is -0.180. The number of amides is 1. The van der Waals surface area contributed by atoms with E-state index in [4.69, 9.17) is 5.73 Å². The molecule has 0 saturated heterocycles. The fourth-order valence-electron chi connectivity index (χ4n) is 1.08.